The number of methoxy groups -OCH3 is 1. The van der Waals surface area contributed by atoms with Crippen molar-refractivity contribution in [3.63, 3.8) is 0 Å². The Labute approximate surface area is 112 Å². The van der Waals surface area contributed by atoms with Crippen molar-refractivity contribution in [3.05, 3.63) is 22.2 Å². The fourth-order valence-corrected chi connectivity index (χ4v) is 1.81. The monoisotopic (exact) mass is 318 g/mol. The zero-order chi connectivity index (χ0) is 13.1. The summed E-state index contributed by atoms with van der Waals surface area (Å²) in [5.41, 5.74) is 0.350. The number of carbonyl (C=O) groups is 1. The molecule has 1 N–H and O–H groups in total. The fourth-order valence-electron chi connectivity index (χ4n) is 1.52. The summed E-state index contributed by atoms with van der Waals surface area (Å²) in [6.07, 6.45) is 1.05. The average molecular weight is 319 g/mol. The molecular weight excluding hydrogens is 307 g/mol. The molecule has 1 fully saturated rings. The van der Waals surface area contributed by atoms with E-state index in [0.717, 1.165) is 13.0 Å². The number of hydrogen-bond acceptors (Lipinski definition) is 5. The van der Waals surface area contributed by atoms with Crippen LogP contribution in [0.4, 0.5) is 10.1 Å². The first-order chi connectivity index (χ1) is 8.61. The van der Waals surface area contributed by atoms with E-state index >= 15 is 0 Å². The molecule has 5 nitrogen and oxygen atoms in total. The lowest BCUT2D eigenvalue weighted by Crippen LogP contribution is -2.33. The summed E-state index contributed by atoms with van der Waals surface area (Å²) in [7, 11) is 1.25. The number of halogens is 2. The first kappa shape index (κ1) is 13.2. The molecule has 98 valence electrons. The van der Waals surface area contributed by atoms with Crippen LogP contribution in [-0.4, -0.2) is 37.3 Å². The normalized spacial score (nSPS) is 18.1. The molecule has 7 heteroatoms. The second kappa shape index (κ2) is 5.62. The molecule has 1 saturated heterocycles. The van der Waals surface area contributed by atoms with E-state index in [0.29, 0.717) is 12.2 Å². The lowest BCUT2D eigenvalue weighted by molar-refractivity contribution is -0.0410. The van der Waals surface area contributed by atoms with E-state index in [4.69, 9.17) is 4.74 Å². The SMILES string of the molecule is COC(=O)c1nc(Br)c(F)cc1NCC1CCO1. The van der Waals surface area contributed by atoms with Gasteiger partial charge in [-0.3, -0.25) is 0 Å². The number of nitrogens with zero attached hydrogens (tertiary/aromatic N) is 1. The maximum atomic E-state index is 13.4. The molecular formula is C11H12BrFN2O3. The van der Waals surface area contributed by atoms with Crippen LogP contribution in [0.2, 0.25) is 0 Å². The van der Waals surface area contributed by atoms with Gasteiger partial charge in [-0.05, 0) is 22.4 Å². The van der Waals surface area contributed by atoms with Crippen LogP contribution in [0.25, 0.3) is 0 Å². The summed E-state index contributed by atoms with van der Waals surface area (Å²) in [5, 5.41) is 2.95. The summed E-state index contributed by atoms with van der Waals surface area (Å²) in [4.78, 5) is 15.4. The predicted octanol–water partition coefficient (Wildman–Crippen LogP) is 1.97. The van der Waals surface area contributed by atoms with E-state index in [1.54, 1.807) is 0 Å². The summed E-state index contributed by atoms with van der Waals surface area (Å²) < 4.78 is 23.2. The van der Waals surface area contributed by atoms with Crippen LogP contribution >= 0.6 is 15.9 Å². The standard InChI is InChI=1S/C11H12BrFN2O3/c1-17-11(16)9-8(4-7(13)10(12)15-9)14-5-6-2-3-18-6/h4,6,14H,2-3,5H2,1H3. The van der Waals surface area contributed by atoms with Gasteiger partial charge >= 0.3 is 5.97 Å². The average Bonchev–Trinajstić information content (AvgIpc) is 2.30. The van der Waals surface area contributed by atoms with Gasteiger partial charge in [0.05, 0.1) is 18.9 Å². The quantitative estimate of drug-likeness (QED) is 0.679. The van der Waals surface area contributed by atoms with Gasteiger partial charge in [-0.15, -0.1) is 0 Å². The number of ether oxygens (including phenoxy) is 2. The van der Waals surface area contributed by atoms with Crippen molar-refractivity contribution in [3.8, 4) is 0 Å². The minimum Gasteiger partial charge on any atom is -0.464 e. The van der Waals surface area contributed by atoms with Gasteiger partial charge < -0.3 is 14.8 Å². The van der Waals surface area contributed by atoms with Crippen LogP contribution in [0.3, 0.4) is 0 Å². The van der Waals surface area contributed by atoms with Gasteiger partial charge in [0.1, 0.15) is 4.60 Å². The molecule has 2 rings (SSSR count). The zero-order valence-electron chi connectivity index (χ0n) is 9.70. The Kier molecular flexibility index (Phi) is 4.13. The number of carbonyl (C=O) groups excluding carboxylic acids is 1. The van der Waals surface area contributed by atoms with Gasteiger partial charge in [0, 0.05) is 19.2 Å². The van der Waals surface area contributed by atoms with Crippen molar-refractivity contribution >= 4 is 27.6 Å². The molecule has 0 aromatic carbocycles. The van der Waals surface area contributed by atoms with E-state index in [2.05, 4.69) is 31.0 Å². The highest BCUT2D eigenvalue weighted by molar-refractivity contribution is 9.10. The molecule has 18 heavy (non-hydrogen) atoms. The van der Waals surface area contributed by atoms with Crippen LogP contribution < -0.4 is 5.32 Å². The second-order valence-corrected chi connectivity index (χ2v) is 4.56. The highest BCUT2D eigenvalue weighted by Crippen LogP contribution is 2.22. The summed E-state index contributed by atoms with van der Waals surface area (Å²) >= 11 is 2.94. The lowest BCUT2D eigenvalue weighted by Gasteiger charge is -2.27. The molecule has 1 aromatic rings. The Bertz CT molecular complexity index is 466. The number of nitrogens with one attached hydrogen (secondary N) is 1. The summed E-state index contributed by atoms with van der Waals surface area (Å²) in [5.74, 6) is -1.16. The maximum absolute atomic E-state index is 13.4. The van der Waals surface area contributed by atoms with Gasteiger partial charge in [0.25, 0.3) is 0 Å². The van der Waals surface area contributed by atoms with Crippen LogP contribution in [0, 0.1) is 5.82 Å². The molecule has 1 aromatic heterocycles. The van der Waals surface area contributed by atoms with Crippen LogP contribution in [0.5, 0.6) is 0 Å². The minimum atomic E-state index is -0.618. The van der Waals surface area contributed by atoms with Crippen molar-refractivity contribution in [2.24, 2.45) is 0 Å². The third-order valence-corrected chi connectivity index (χ3v) is 3.18. The largest absolute Gasteiger partial charge is 0.464 e. The molecule has 1 aliphatic rings. The van der Waals surface area contributed by atoms with Gasteiger partial charge in [0.15, 0.2) is 11.5 Å². The molecule has 1 atom stereocenters. The number of aromatic nitrogens is 1. The molecule has 0 aliphatic carbocycles. The predicted molar refractivity (Wildman–Crippen MR) is 66.1 cm³/mol. The zero-order valence-corrected chi connectivity index (χ0v) is 11.3. The second-order valence-electron chi connectivity index (χ2n) is 3.81. The Morgan fingerprint density at radius 3 is 3.06 bits per heavy atom. The van der Waals surface area contributed by atoms with Crippen molar-refractivity contribution in [1.82, 2.24) is 4.98 Å². The van der Waals surface area contributed by atoms with Crippen LogP contribution in [0.15, 0.2) is 10.7 Å². The van der Waals surface area contributed by atoms with E-state index < -0.39 is 11.8 Å². The van der Waals surface area contributed by atoms with Crippen molar-refractivity contribution in [1.29, 1.82) is 0 Å². The Morgan fingerprint density at radius 1 is 1.78 bits per heavy atom. The molecule has 0 radical (unpaired) electrons. The van der Waals surface area contributed by atoms with Crippen LogP contribution in [-0.2, 0) is 9.47 Å². The molecule has 0 bridgehead atoms. The summed E-state index contributed by atoms with van der Waals surface area (Å²) in [6.45, 7) is 1.25. The third-order valence-electron chi connectivity index (χ3n) is 2.63. The van der Waals surface area contributed by atoms with Gasteiger partial charge in [-0.25, -0.2) is 14.2 Å². The number of pyridine rings is 1. The molecule has 0 saturated carbocycles. The molecule has 1 aliphatic heterocycles. The van der Waals surface area contributed by atoms with Crippen molar-refractivity contribution in [2.45, 2.75) is 12.5 Å². The highest BCUT2D eigenvalue weighted by atomic mass is 79.9. The van der Waals surface area contributed by atoms with Gasteiger partial charge in [-0.1, -0.05) is 0 Å². The van der Waals surface area contributed by atoms with E-state index in [9.17, 15) is 9.18 Å². The number of rotatable bonds is 4. The highest BCUT2D eigenvalue weighted by Gasteiger charge is 2.21. The van der Waals surface area contributed by atoms with Crippen molar-refractivity contribution in [2.75, 3.05) is 25.6 Å². The first-order valence-electron chi connectivity index (χ1n) is 5.41. The first-order valence-corrected chi connectivity index (χ1v) is 6.21. The maximum Gasteiger partial charge on any atom is 0.358 e. The Balaban J connectivity index is 2.19. The third kappa shape index (κ3) is 2.78. The fraction of sp³-hybridized carbons (Fsp3) is 0.455. The van der Waals surface area contributed by atoms with E-state index in [-0.39, 0.29) is 16.4 Å². The number of esters is 1. The molecule has 2 heterocycles. The van der Waals surface area contributed by atoms with E-state index in [1.165, 1.54) is 13.2 Å². The topological polar surface area (TPSA) is 60.5 Å². The lowest BCUT2D eigenvalue weighted by atomic mass is 10.2. The smallest absolute Gasteiger partial charge is 0.358 e. The van der Waals surface area contributed by atoms with Gasteiger partial charge in [0.2, 0.25) is 0 Å². The number of hydrogen-bond donors (Lipinski definition) is 1. The Hall–Kier alpha value is -1.21. The minimum absolute atomic E-state index is 0.0201. The van der Waals surface area contributed by atoms with Crippen LogP contribution in [0.1, 0.15) is 16.9 Å². The van der Waals surface area contributed by atoms with Crippen molar-refractivity contribution < 1.29 is 18.7 Å². The molecule has 1 unspecified atom stereocenters. The van der Waals surface area contributed by atoms with E-state index in [1.807, 2.05) is 0 Å². The molecule has 0 amide bonds. The Morgan fingerprint density at radius 2 is 2.50 bits per heavy atom. The number of anilines is 1. The van der Waals surface area contributed by atoms with Gasteiger partial charge in [-0.2, -0.15) is 0 Å². The summed E-state index contributed by atoms with van der Waals surface area (Å²) in [6, 6.07) is 1.21. The molecule has 0 spiro atoms.